The van der Waals surface area contributed by atoms with Gasteiger partial charge in [0.2, 0.25) is 0 Å². The number of carbonyl (C=O) groups is 1. The summed E-state index contributed by atoms with van der Waals surface area (Å²) < 4.78 is 0. The van der Waals surface area contributed by atoms with Crippen LogP contribution in [0.3, 0.4) is 0 Å². The Morgan fingerprint density at radius 3 is 2.77 bits per heavy atom. The number of aryl methyl sites for hydroxylation is 2. The molecule has 1 N–H and O–H groups in total. The predicted molar refractivity (Wildman–Crippen MR) is 105 cm³/mol. The fourth-order valence-corrected chi connectivity index (χ4v) is 3.95. The van der Waals surface area contributed by atoms with Crippen molar-refractivity contribution in [1.29, 1.82) is 0 Å². The Bertz CT molecular complexity index is 888. The van der Waals surface area contributed by atoms with Crippen LogP contribution in [0.15, 0.2) is 29.2 Å². The Morgan fingerprint density at radius 1 is 1.27 bits per heavy atom. The van der Waals surface area contributed by atoms with Crippen LogP contribution in [0.1, 0.15) is 45.6 Å². The lowest BCUT2D eigenvalue weighted by molar-refractivity contribution is 0.0809. The first kappa shape index (κ1) is 18.9. The smallest absolute Gasteiger partial charge is 0.187 e. The van der Waals surface area contributed by atoms with Crippen LogP contribution in [0.25, 0.3) is 0 Å². The van der Waals surface area contributed by atoms with Crippen LogP contribution >= 0.6 is 11.6 Å². The van der Waals surface area contributed by atoms with E-state index in [1.807, 2.05) is 32.9 Å². The van der Waals surface area contributed by atoms with E-state index in [0.29, 0.717) is 11.6 Å². The summed E-state index contributed by atoms with van der Waals surface area (Å²) in [6.07, 6.45) is 3.66. The fourth-order valence-electron chi connectivity index (χ4n) is 3.73. The molecule has 0 radical (unpaired) electrons. The number of pyridine rings is 1. The highest BCUT2D eigenvalue weighted by atomic mass is 35.5. The highest BCUT2D eigenvalue weighted by molar-refractivity contribution is 6.30. The maximum Gasteiger partial charge on any atom is 0.187 e. The number of hydrogen-bond acceptors (Lipinski definition) is 3. The van der Waals surface area contributed by atoms with Crippen LogP contribution in [-0.4, -0.2) is 28.8 Å². The third-order valence-corrected chi connectivity index (χ3v) is 5.56. The van der Waals surface area contributed by atoms with E-state index in [2.05, 4.69) is 9.88 Å². The molecule has 0 spiro atoms. The van der Waals surface area contributed by atoms with Gasteiger partial charge in [0.25, 0.3) is 0 Å². The third-order valence-electron chi connectivity index (χ3n) is 5.33. The Kier molecular flexibility index (Phi) is 5.64. The van der Waals surface area contributed by atoms with Gasteiger partial charge in [0.1, 0.15) is 0 Å². The quantitative estimate of drug-likeness (QED) is 0.824. The number of halogens is 1. The van der Waals surface area contributed by atoms with Crippen molar-refractivity contribution in [3.8, 4) is 0 Å². The second-order valence-corrected chi connectivity index (χ2v) is 7.74. The molecule has 0 unspecified atom stereocenters. The van der Waals surface area contributed by atoms with Gasteiger partial charge in [0.15, 0.2) is 11.2 Å². The van der Waals surface area contributed by atoms with Gasteiger partial charge in [-0.2, -0.15) is 0 Å². The molecule has 1 aromatic carbocycles. The monoisotopic (exact) mass is 372 g/mol. The minimum absolute atomic E-state index is 0.0129. The highest BCUT2D eigenvalue weighted by Crippen LogP contribution is 2.25. The molecule has 0 bridgehead atoms. The van der Waals surface area contributed by atoms with Crippen molar-refractivity contribution in [2.45, 2.75) is 40.2 Å². The lowest BCUT2D eigenvalue weighted by Gasteiger charge is -2.32. The van der Waals surface area contributed by atoms with E-state index >= 15 is 0 Å². The number of benzene rings is 1. The van der Waals surface area contributed by atoms with E-state index < -0.39 is 0 Å². The van der Waals surface area contributed by atoms with E-state index in [9.17, 15) is 9.59 Å². The summed E-state index contributed by atoms with van der Waals surface area (Å²) in [6, 6.07) is 5.46. The molecule has 1 aliphatic heterocycles. The zero-order valence-electron chi connectivity index (χ0n) is 15.6. The minimum atomic E-state index is -0.0129. The number of hydrogen-bond donors (Lipinski definition) is 1. The zero-order chi connectivity index (χ0) is 18.8. The van der Waals surface area contributed by atoms with Gasteiger partial charge in [-0.05, 0) is 63.9 Å². The Labute approximate surface area is 159 Å². The Morgan fingerprint density at radius 2 is 2.04 bits per heavy atom. The number of piperidine rings is 1. The number of ketones is 1. The molecule has 1 aromatic heterocycles. The number of aromatic amines is 1. The van der Waals surface area contributed by atoms with Crippen LogP contribution in [0, 0.1) is 26.7 Å². The van der Waals surface area contributed by atoms with Crippen molar-refractivity contribution in [2.75, 3.05) is 13.1 Å². The van der Waals surface area contributed by atoms with Gasteiger partial charge in [-0.15, -0.1) is 0 Å². The van der Waals surface area contributed by atoms with Crippen molar-refractivity contribution in [3.05, 3.63) is 67.6 Å². The molecular formula is C21H25ClN2O2. The van der Waals surface area contributed by atoms with Crippen LogP contribution in [-0.2, 0) is 6.54 Å². The molecule has 2 aromatic rings. The van der Waals surface area contributed by atoms with Crippen molar-refractivity contribution in [1.82, 2.24) is 9.88 Å². The van der Waals surface area contributed by atoms with Gasteiger partial charge in [-0.25, -0.2) is 0 Å². The standard InChI is InChI=1S/C21H25ClN2O2/c1-13-9-17(22)6-7-18(13)21(26)16-5-4-8-24(11-16)12-19-15(3)20(25)14(2)10-23-19/h6-7,9-10,16H,4-5,8,11-12H2,1-3H3,(H,23,25)/t16-/m0/s1. The van der Waals surface area contributed by atoms with Crippen LogP contribution in [0.4, 0.5) is 0 Å². The van der Waals surface area contributed by atoms with Crippen molar-refractivity contribution < 1.29 is 4.79 Å². The van der Waals surface area contributed by atoms with Gasteiger partial charge in [0, 0.05) is 52.6 Å². The van der Waals surface area contributed by atoms with Gasteiger partial charge in [-0.1, -0.05) is 11.6 Å². The molecule has 26 heavy (non-hydrogen) atoms. The second kappa shape index (κ2) is 7.77. The van der Waals surface area contributed by atoms with Crippen LogP contribution in [0.2, 0.25) is 5.02 Å². The number of rotatable bonds is 4. The maximum atomic E-state index is 13.0. The molecule has 0 amide bonds. The lowest BCUT2D eigenvalue weighted by atomic mass is 9.88. The fraction of sp³-hybridized carbons (Fsp3) is 0.429. The second-order valence-electron chi connectivity index (χ2n) is 7.30. The first-order chi connectivity index (χ1) is 12.4. The minimum Gasteiger partial charge on any atom is -0.363 e. The predicted octanol–water partition coefficient (Wildman–Crippen LogP) is 4.05. The number of nitrogens with zero attached hydrogens (tertiary/aromatic N) is 1. The number of H-pyrrole nitrogens is 1. The summed E-state index contributed by atoms with van der Waals surface area (Å²) in [6.45, 7) is 7.95. The molecule has 1 fully saturated rings. The number of likely N-dealkylation sites (tertiary alicyclic amines) is 1. The Hall–Kier alpha value is -1.91. The molecule has 1 atom stereocenters. The zero-order valence-corrected chi connectivity index (χ0v) is 16.3. The largest absolute Gasteiger partial charge is 0.363 e. The molecular weight excluding hydrogens is 348 g/mol. The van der Waals surface area contributed by atoms with E-state index in [0.717, 1.165) is 53.9 Å². The summed E-state index contributed by atoms with van der Waals surface area (Å²) in [7, 11) is 0. The van der Waals surface area contributed by atoms with E-state index in [1.54, 1.807) is 12.3 Å². The average Bonchev–Trinajstić information content (AvgIpc) is 2.62. The van der Waals surface area contributed by atoms with Gasteiger partial charge in [-0.3, -0.25) is 14.5 Å². The lowest BCUT2D eigenvalue weighted by Crippen LogP contribution is -2.39. The van der Waals surface area contributed by atoms with Gasteiger partial charge < -0.3 is 4.98 Å². The molecule has 2 heterocycles. The normalized spacial score (nSPS) is 18.1. The highest BCUT2D eigenvalue weighted by Gasteiger charge is 2.27. The topological polar surface area (TPSA) is 53.2 Å². The van der Waals surface area contributed by atoms with E-state index in [1.165, 1.54) is 0 Å². The number of Topliss-reactive ketones (excluding diaryl/α,β-unsaturated/α-hetero) is 1. The van der Waals surface area contributed by atoms with Crippen LogP contribution in [0.5, 0.6) is 0 Å². The van der Waals surface area contributed by atoms with Crippen molar-refractivity contribution >= 4 is 17.4 Å². The first-order valence-electron chi connectivity index (χ1n) is 9.07. The molecule has 1 saturated heterocycles. The third kappa shape index (κ3) is 3.92. The summed E-state index contributed by atoms with van der Waals surface area (Å²) in [5, 5.41) is 0.656. The van der Waals surface area contributed by atoms with Gasteiger partial charge >= 0.3 is 0 Å². The van der Waals surface area contributed by atoms with Crippen molar-refractivity contribution in [2.24, 2.45) is 5.92 Å². The Balaban J connectivity index is 1.74. The molecule has 138 valence electrons. The molecule has 0 saturated carbocycles. The first-order valence-corrected chi connectivity index (χ1v) is 9.45. The number of aromatic nitrogens is 1. The van der Waals surface area contributed by atoms with Crippen molar-refractivity contribution in [3.63, 3.8) is 0 Å². The maximum absolute atomic E-state index is 13.0. The summed E-state index contributed by atoms with van der Waals surface area (Å²) in [4.78, 5) is 30.6. The van der Waals surface area contributed by atoms with Gasteiger partial charge in [0.05, 0.1) is 0 Å². The molecule has 5 heteroatoms. The molecule has 4 nitrogen and oxygen atoms in total. The molecule has 1 aliphatic rings. The number of nitrogens with one attached hydrogen (secondary N) is 1. The van der Waals surface area contributed by atoms with E-state index in [4.69, 9.17) is 11.6 Å². The summed E-state index contributed by atoms with van der Waals surface area (Å²) >= 11 is 6.01. The molecule has 3 rings (SSSR count). The van der Waals surface area contributed by atoms with Crippen LogP contribution < -0.4 is 5.43 Å². The average molecular weight is 373 g/mol. The van der Waals surface area contributed by atoms with E-state index in [-0.39, 0.29) is 17.1 Å². The SMILES string of the molecule is Cc1cc(Cl)ccc1C(=O)[C@H]1CCCN(Cc2[nH]cc(C)c(=O)c2C)C1. The number of carbonyl (C=O) groups excluding carboxylic acids is 1. The summed E-state index contributed by atoms with van der Waals surface area (Å²) in [5.74, 6) is 0.180. The summed E-state index contributed by atoms with van der Waals surface area (Å²) in [5.41, 5.74) is 4.24. The molecule has 0 aliphatic carbocycles.